The first-order chi connectivity index (χ1) is 17.2. The molecule has 0 aliphatic carbocycles. The van der Waals surface area contributed by atoms with Crippen LogP contribution in [0.25, 0.3) is 11.0 Å². The lowest BCUT2D eigenvalue weighted by molar-refractivity contribution is -0.137. The van der Waals surface area contributed by atoms with Crippen molar-refractivity contribution in [3.8, 4) is 0 Å². The van der Waals surface area contributed by atoms with Crippen molar-refractivity contribution >= 4 is 28.6 Å². The number of alkyl halides is 3. The predicted molar refractivity (Wildman–Crippen MR) is 124 cm³/mol. The molecule has 184 valence electrons. The average Bonchev–Trinajstić information content (AvgIpc) is 3.43. The van der Waals surface area contributed by atoms with Gasteiger partial charge in [-0.15, -0.1) is 5.10 Å². The number of likely N-dealkylation sites (tertiary alicyclic amines) is 1. The number of nitrogens with zero attached hydrogens (tertiary/aromatic N) is 6. The molecule has 1 fully saturated rings. The maximum absolute atomic E-state index is 13.2. The highest BCUT2D eigenvalue weighted by molar-refractivity contribution is 5.97. The van der Waals surface area contributed by atoms with Gasteiger partial charge in [0.1, 0.15) is 5.52 Å². The molecule has 0 bridgehead atoms. The molecular formula is C24H21F3N8O. The van der Waals surface area contributed by atoms with Crippen LogP contribution in [0.1, 0.15) is 32.7 Å². The summed E-state index contributed by atoms with van der Waals surface area (Å²) in [4.78, 5) is 25.7. The fourth-order valence-corrected chi connectivity index (χ4v) is 4.66. The van der Waals surface area contributed by atoms with Gasteiger partial charge in [0.25, 0.3) is 5.91 Å². The first-order valence-electron chi connectivity index (χ1n) is 11.4. The van der Waals surface area contributed by atoms with E-state index >= 15 is 0 Å². The topological polar surface area (TPSA) is 103 Å². The Bertz CT molecular complexity index is 1480. The van der Waals surface area contributed by atoms with Gasteiger partial charge in [-0.25, -0.2) is 9.97 Å². The van der Waals surface area contributed by atoms with Crippen LogP contribution in [0.5, 0.6) is 0 Å². The molecule has 2 aromatic heterocycles. The number of carbonyl (C=O) groups is 1. The minimum atomic E-state index is -4.43. The predicted octanol–water partition coefficient (Wildman–Crippen LogP) is 3.66. The van der Waals surface area contributed by atoms with Crippen LogP contribution in [0.2, 0.25) is 0 Å². The first-order valence-corrected chi connectivity index (χ1v) is 11.4. The van der Waals surface area contributed by atoms with E-state index in [1.165, 1.54) is 0 Å². The van der Waals surface area contributed by atoms with Gasteiger partial charge in [0, 0.05) is 55.2 Å². The number of fused-ring (bicyclic) bond motifs is 2. The van der Waals surface area contributed by atoms with E-state index in [1.54, 1.807) is 42.3 Å². The Morgan fingerprint density at radius 2 is 1.97 bits per heavy atom. The lowest BCUT2D eigenvalue weighted by Crippen LogP contribution is -2.59. The lowest BCUT2D eigenvalue weighted by atomic mass is 10.0. The molecule has 12 heteroatoms. The summed E-state index contributed by atoms with van der Waals surface area (Å²) in [5.41, 5.74) is 3.88. The van der Waals surface area contributed by atoms with E-state index in [0.717, 1.165) is 28.9 Å². The molecule has 36 heavy (non-hydrogen) atoms. The zero-order valence-electron chi connectivity index (χ0n) is 19.2. The largest absolute Gasteiger partial charge is 0.416 e. The van der Waals surface area contributed by atoms with Gasteiger partial charge in [-0.2, -0.15) is 13.2 Å². The van der Waals surface area contributed by atoms with E-state index in [1.807, 2.05) is 0 Å². The van der Waals surface area contributed by atoms with Crippen LogP contribution in [-0.4, -0.2) is 60.2 Å². The number of amides is 1. The molecule has 2 aliphatic heterocycles. The third-order valence-electron chi connectivity index (χ3n) is 6.58. The molecule has 0 saturated carbocycles. The van der Waals surface area contributed by atoms with Gasteiger partial charge in [0.15, 0.2) is 0 Å². The number of rotatable bonds is 4. The molecule has 9 nitrogen and oxygen atoms in total. The number of H-pyrrole nitrogens is 1. The maximum Gasteiger partial charge on any atom is 0.416 e. The molecule has 0 spiro atoms. The van der Waals surface area contributed by atoms with Crippen LogP contribution < -0.4 is 5.32 Å². The van der Waals surface area contributed by atoms with Gasteiger partial charge in [-0.1, -0.05) is 5.21 Å². The van der Waals surface area contributed by atoms with Crippen molar-refractivity contribution in [1.29, 1.82) is 0 Å². The number of benzene rings is 2. The highest BCUT2D eigenvalue weighted by atomic mass is 19.4. The molecule has 2 aromatic carbocycles. The van der Waals surface area contributed by atoms with Gasteiger partial charge in [0.2, 0.25) is 5.95 Å². The summed E-state index contributed by atoms with van der Waals surface area (Å²) in [5.74, 6) is 0.213. The van der Waals surface area contributed by atoms with Crippen LogP contribution >= 0.6 is 0 Å². The summed E-state index contributed by atoms with van der Waals surface area (Å²) in [7, 11) is 0. The fourth-order valence-electron chi connectivity index (χ4n) is 4.66. The zero-order valence-corrected chi connectivity index (χ0v) is 19.2. The number of nitrogens with one attached hydrogen (secondary N) is 2. The van der Waals surface area contributed by atoms with Crippen molar-refractivity contribution in [2.45, 2.75) is 32.2 Å². The van der Waals surface area contributed by atoms with Gasteiger partial charge in [-0.3, -0.25) is 14.8 Å². The Hall–Kier alpha value is -4.06. The van der Waals surface area contributed by atoms with Crippen LogP contribution in [0.15, 0.2) is 42.6 Å². The van der Waals surface area contributed by atoms with Crippen molar-refractivity contribution in [2.24, 2.45) is 0 Å². The van der Waals surface area contributed by atoms with E-state index in [-0.39, 0.29) is 23.6 Å². The van der Waals surface area contributed by atoms with Gasteiger partial charge < -0.3 is 10.2 Å². The Labute approximate surface area is 203 Å². The molecular weight excluding hydrogens is 473 g/mol. The van der Waals surface area contributed by atoms with Crippen LogP contribution in [-0.2, 0) is 19.3 Å². The number of hydrogen-bond donors (Lipinski definition) is 2. The van der Waals surface area contributed by atoms with Gasteiger partial charge >= 0.3 is 6.18 Å². The molecule has 2 N–H and O–H groups in total. The third kappa shape index (κ3) is 4.13. The molecule has 4 heterocycles. The second-order valence-electron chi connectivity index (χ2n) is 9.19. The molecule has 4 aromatic rings. The SMILES string of the molecule is Cc1cc(Nc2ncc3c(n2)CN(C2CN(C(=O)c4ccc5nn[nH]c5c4)C2)C3)cc(C(F)(F)F)c1. The van der Waals surface area contributed by atoms with E-state index in [0.29, 0.717) is 42.8 Å². The number of anilines is 2. The van der Waals surface area contributed by atoms with E-state index < -0.39 is 11.7 Å². The van der Waals surface area contributed by atoms with Crippen LogP contribution in [0.4, 0.5) is 24.8 Å². The summed E-state index contributed by atoms with van der Waals surface area (Å²) < 4.78 is 39.5. The second kappa shape index (κ2) is 8.26. The van der Waals surface area contributed by atoms with Gasteiger partial charge in [0.05, 0.1) is 16.8 Å². The van der Waals surface area contributed by atoms with Crippen LogP contribution in [0.3, 0.4) is 0 Å². The van der Waals surface area contributed by atoms with E-state index in [9.17, 15) is 18.0 Å². The fraction of sp³-hybridized carbons (Fsp3) is 0.292. The number of aryl methyl sites for hydroxylation is 1. The molecule has 2 aliphatic rings. The molecule has 0 unspecified atom stereocenters. The Kier molecular flexibility index (Phi) is 5.14. The summed E-state index contributed by atoms with van der Waals surface area (Å²) in [6.07, 6.45) is -2.72. The summed E-state index contributed by atoms with van der Waals surface area (Å²) >= 11 is 0. The van der Waals surface area contributed by atoms with Crippen molar-refractivity contribution in [3.63, 3.8) is 0 Å². The Morgan fingerprint density at radius 3 is 2.78 bits per heavy atom. The number of halogens is 3. The zero-order chi connectivity index (χ0) is 25.0. The van der Waals surface area contributed by atoms with Crippen molar-refractivity contribution in [2.75, 3.05) is 18.4 Å². The first kappa shape index (κ1) is 22.4. The van der Waals surface area contributed by atoms with Crippen molar-refractivity contribution < 1.29 is 18.0 Å². The minimum Gasteiger partial charge on any atom is -0.335 e. The Balaban J connectivity index is 1.09. The quantitative estimate of drug-likeness (QED) is 0.446. The molecule has 6 rings (SSSR count). The summed E-state index contributed by atoms with van der Waals surface area (Å²) in [5, 5.41) is 13.4. The lowest BCUT2D eigenvalue weighted by Gasteiger charge is -2.44. The van der Waals surface area contributed by atoms with E-state index in [2.05, 4.69) is 35.6 Å². The summed E-state index contributed by atoms with van der Waals surface area (Å²) in [6.45, 7) is 4.08. The minimum absolute atomic E-state index is 0.0397. The van der Waals surface area contributed by atoms with Gasteiger partial charge in [-0.05, 0) is 48.9 Å². The molecule has 1 amide bonds. The normalized spacial score (nSPS) is 16.3. The number of carbonyl (C=O) groups excluding carboxylic acids is 1. The highest BCUT2D eigenvalue weighted by Crippen LogP contribution is 2.33. The maximum atomic E-state index is 13.2. The molecule has 0 atom stereocenters. The smallest absolute Gasteiger partial charge is 0.335 e. The Morgan fingerprint density at radius 1 is 1.14 bits per heavy atom. The van der Waals surface area contributed by atoms with Crippen molar-refractivity contribution in [3.05, 3.63) is 70.5 Å². The number of aromatic amines is 1. The highest BCUT2D eigenvalue weighted by Gasteiger charge is 2.38. The second-order valence-corrected chi connectivity index (χ2v) is 9.19. The van der Waals surface area contributed by atoms with E-state index in [4.69, 9.17) is 0 Å². The summed E-state index contributed by atoms with van der Waals surface area (Å²) in [6, 6.07) is 9.25. The van der Waals surface area contributed by atoms with Crippen molar-refractivity contribution in [1.82, 2.24) is 35.2 Å². The monoisotopic (exact) mass is 494 g/mol. The van der Waals surface area contributed by atoms with Crippen LogP contribution in [0, 0.1) is 6.92 Å². The standard InChI is InChI=1S/C24H21F3N8O/c1-13-4-16(24(25,26)27)7-17(5-13)29-23-28-8-15-9-34(12-21(15)30-23)18-10-35(11-18)22(36)14-2-3-19-20(6-14)32-33-31-19/h2-8,18H,9-12H2,1H3,(H,28,29,30)(H,31,32,33). The molecule has 1 saturated heterocycles. The average molecular weight is 494 g/mol. The third-order valence-corrected chi connectivity index (χ3v) is 6.58. The number of aromatic nitrogens is 5. The number of hydrogen-bond acceptors (Lipinski definition) is 7. The molecule has 0 radical (unpaired) electrons.